The normalized spacial score (nSPS) is 16.2. The highest BCUT2D eigenvalue weighted by Gasteiger charge is 2.14. The van der Waals surface area contributed by atoms with Gasteiger partial charge < -0.3 is 10.2 Å². The average molecular weight is 244 g/mol. The maximum Gasteiger partial charge on any atom is 0.306 e. The zero-order valence-electron chi connectivity index (χ0n) is 11.0. The third-order valence-corrected chi connectivity index (χ3v) is 3.27. The lowest BCUT2D eigenvalue weighted by Crippen LogP contribution is -2.11. The Kier molecular flexibility index (Phi) is 7.59. The van der Waals surface area contributed by atoms with E-state index >= 15 is 0 Å². The molecule has 0 saturated carbocycles. The topological polar surface area (TPSA) is 74.6 Å². The predicted octanol–water partition coefficient (Wildman–Crippen LogP) is 3.01. The van der Waals surface area contributed by atoms with Crippen molar-refractivity contribution in [2.75, 3.05) is 0 Å². The molecular formula is C13H24O4. The summed E-state index contributed by atoms with van der Waals surface area (Å²) >= 11 is 0. The van der Waals surface area contributed by atoms with Crippen LogP contribution >= 0.6 is 0 Å². The highest BCUT2D eigenvalue weighted by atomic mass is 16.4. The lowest BCUT2D eigenvalue weighted by molar-refractivity contribution is -0.142. The minimum absolute atomic E-state index is 0.278. The number of carbonyl (C=O) groups is 2. The largest absolute Gasteiger partial charge is 0.481 e. The fourth-order valence-electron chi connectivity index (χ4n) is 1.70. The van der Waals surface area contributed by atoms with Crippen molar-refractivity contribution in [1.82, 2.24) is 0 Å². The number of aliphatic carboxylic acids is 2. The van der Waals surface area contributed by atoms with E-state index in [1.807, 2.05) is 0 Å². The van der Waals surface area contributed by atoms with Crippen molar-refractivity contribution in [2.24, 2.45) is 17.8 Å². The third-order valence-electron chi connectivity index (χ3n) is 3.27. The lowest BCUT2D eigenvalue weighted by atomic mass is 9.92. The van der Waals surface area contributed by atoms with E-state index in [0.717, 1.165) is 19.3 Å². The molecule has 0 aromatic carbocycles. The van der Waals surface area contributed by atoms with E-state index in [-0.39, 0.29) is 11.8 Å². The quantitative estimate of drug-likeness (QED) is 0.653. The standard InChI is InChI=1S/C13H24O4/c1-9(7-8-11(3)13(16)17)5-4-6-10(2)12(14)15/h9-11H,4-8H2,1-3H3,(H,14,15)(H,16,17). The van der Waals surface area contributed by atoms with Gasteiger partial charge >= 0.3 is 11.9 Å². The summed E-state index contributed by atoms with van der Waals surface area (Å²) in [6.45, 7) is 5.54. The van der Waals surface area contributed by atoms with Crippen LogP contribution in [0.4, 0.5) is 0 Å². The second-order valence-electron chi connectivity index (χ2n) is 5.09. The van der Waals surface area contributed by atoms with Crippen LogP contribution in [0, 0.1) is 17.8 Å². The van der Waals surface area contributed by atoms with Gasteiger partial charge in [-0.1, -0.05) is 33.6 Å². The fourth-order valence-corrected chi connectivity index (χ4v) is 1.70. The highest BCUT2D eigenvalue weighted by molar-refractivity contribution is 5.69. The predicted molar refractivity (Wildman–Crippen MR) is 65.8 cm³/mol. The molecule has 0 amide bonds. The molecule has 0 aliphatic carbocycles. The molecule has 0 spiro atoms. The summed E-state index contributed by atoms with van der Waals surface area (Å²) < 4.78 is 0. The molecule has 4 nitrogen and oxygen atoms in total. The van der Waals surface area contributed by atoms with Gasteiger partial charge in [-0.15, -0.1) is 0 Å². The summed E-state index contributed by atoms with van der Waals surface area (Å²) in [4.78, 5) is 21.2. The van der Waals surface area contributed by atoms with E-state index in [1.54, 1.807) is 13.8 Å². The molecule has 0 saturated heterocycles. The average Bonchev–Trinajstić information content (AvgIpc) is 2.25. The molecule has 3 unspecified atom stereocenters. The van der Waals surface area contributed by atoms with Crippen molar-refractivity contribution in [2.45, 2.75) is 52.9 Å². The fraction of sp³-hybridized carbons (Fsp3) is 0.846. The SMILES string of the molecule is CC(CCCC(C)C(=O)O)CCC(C)C(=O)O. The number of carboxylic acids is 2. The summed E-state index contributed by atoms with van der Waals surface area (Å²) in [5.74, 6) is -1.57. The zero-order chi connectivity index (χ0) is 13.4. The molecule has 4 heteroatoms. The Labute approximate surface area is 103 Å². The monoisotopic (exact) mass is 244 g/mol. The van der Waals surface area contributed by atoms with Gasteiger partial charge in [0.05, 0.1) is 11.8 Å². The van der Waals surface area contributed by atoms with Gasteiger partial charge in [-0.25, -0.2) is 0 Å². The van der Waals surface area contributed by atoms with E-state index in [9.17, 15) is 9.59 Å². The molecule has 2 N–H and O–H groups in total. The maximum absolute atomic E-state index is 10.6. The van der Waals surface area contributed by atoms with Crippen molar-refractivity contribution in [1.29, 1.82) is 0 Å². The first kappa shape index (κ1) is 15.9. The van der Waals surface area contributed by atoms with Crippen molar-refractivity contribution in [3.8, 4) is 0 Å². The molecule has 0 aliphatic heterocycles. The van der Waals surface area contributed by atoms with Gasteiger partial charge in [-0.3, -0.25) is 9.59 Å². The van der Waals surface area contributed by atoms with E-state index in [4.69, 9.17) is 10.2 Å². The maximum atomic E-state index is 10.6. The van der Waals surface area contributed by atoms with E-state index < -0.39 is 11.9 Å². The van der Waals surface area contributed by atoms with E-state index in [1.165, 1.54) is 0 Å². The summed E-state index contributed by atoms with van der Waals surface area (Å²) in [5, 5.41) is 17.5. The van der Waals surface area contributed by atoms with Crippen LogP contribution in [0.1, 0.15) is 52.9 Å². The summed E-state index contributed by atoms with van der Waals surface area (Å²) in [7, 11) is 0. The molecule has 0 radical (unpaired) electrons. The molecule has 0 heterocycles. The second kappa shape index (κ2) is 8.09. The lowest BCUT2D eigenvalue weighted by Gasteiger charge is -2.13. The first-order chi connectivity index (χ1) is 7.84. The van der Waals surface area contributed by atoms with Crippen molar-refractivity contribution < 1.29 is 19.8 Å². The van der Waals surface area contributed by atoms with Gasteiger partial charge in [0.15, 0.2) is 0 Å². The molecule has 0 aliphatic rings. The first-order valence-electron chi connectivity index (χ1n) is 6.30. The van der Waals surface area contributed by atoms with Gasteiger partial charge in [-0.05, 0) is 25.2 Å². The molecule has 0 fully saturated rings. The first-order valence-corrected chi connectivity index (χ1v) is 6.30. The third kappa shape index (κ3) is 7.77. The number of carboxylic acid groups (broad SMARTS) is 2. The summed E-state index contributed by atoms with van der Waals surface area (Å²) in [5.41, 5.74) is 0. The molecular weight excluding hydrogens is 220 g/mol. The Morgan fingerprint density at radius 2 is 1.29 bits per heavy atom. The van der Waals surface area contributed by atoms with E-state index in [0.29, 0.717) is 18.8 Å². The molecule has 17 heavy (non-hydrogen) atoms. The van der Waals surface area contributed by atoms with Crippen molar-refractivity contribution in [3.63, 3.8) is 0 Å². The Bertz CT molecular complexity index is 250. The Morgan fingerprint density at radius 3 is 1.76 bits per heavy atom. The van der Waals surface area contributed by atoms with Gasteiger partial charge in [0.1, 0.15) is 0 Å². The van der Waals surface area contributed by atoms with Crippen LogP contribution in [0.5, 0.6) is 0 Å². The molecule has 0 aromatic heterocycles. The number of hydrogen-bond acceptors (Lipinski definition) is 2. The van der Waals surface area contributed by atoms with Crippen LogP contribution < -0.4 is 0 Å². The number of hydrogen-bond donors (Lipinski definition) is 2. The molecule has 0 rings (SSSR count). The zero-order valence-corrected chi connectivity index (χ0v) is 11.0. The van der Waals surface area contributed by atoms with Crippen LogP contribution in [0.25, 0.3) is 0 Å². The van der Waals surface area contributed by atoms with Crippen LogP contribution in [0.15, 0.2) is 0 Å². The molecule has 0 aromatic rings. The van der Waals surface area contributed by atoms with Crippen LogP contribution in [0.2, 0.25) is 0 Å². The van der Waals surface area contributed by atoms with Crippen molar-refractivity contribution >= 4 is 11.9 Å². The van der Waals surface area contributed by atoms with Gasteiger partial charge in [0.25, 0.3) is 0 Å². The van der Waals surface area contributed by atoms with Gasteiger partial charge in [0.2, 0.25) is 0 Å². The van der Waals surface area contributed by atoms with Crippen LogP contribution in [-0.2, 0) is 9.59 Å². The minimum Gasteiger partial charge on any atom is -0.481 e. The Hall–Kier alpha value is -1.06. The smallest absolute Gasteiger partial charge is 0.306 e. The van der Waals surface area contributed by atoms with Crippen molar-refractivity contribution in [3.05, 3.63) is 0 Å². The number of rotatable bonds is 9. The molecule has 100 valence electrons. The second-order valence-corrected chi connectivity index (χ2v) is 5.09. The van der Waals surface area contributed by atoms with Gasteiger partial charge in [-0.2, -0.15) is 0 Å². The van der Waals surface area contributed by atoms with Crippen LogP contribution in [0.3, 0.4) is 0 Å². The highest BCUT2D eigenvalue weighted by Crippen LogP contribution is 2.19. The van der Waals surface area contributed by atoms with Crippen LogP contribution in [-0.4, -0.2) is 22.2 Å². The summed E-state index contributed by atoms with van der Waals surface area (Å²) in [6.07, 6.45) is 4.17. The Morgan fingerprint density at radius 1 is 0.824 bits per heavy atom. The Balaban J connectivity index is 3.63. The van der Waals surface area contributed by atoms with E-state index in [2.05, 4.69) is 6.92 Å². The molecule has 3 atom stereocenters. The molecule has 0 bridgehead atoms. The van der Waals surface area contributed by atoms with Gasteiger partial charge in [0, 0.05) is 0 Å². The minimum atomic E-state index is -0.739. The summed E-state index contributed by atoms with van der Waals surface area (Å²) in [6, 6.07) is 0.